The predicted molar refractivity (Wildman–Crippen MR) is 115 cm³/mol. The van der Waals surface area contributed by atoms with Gasteiger partial charge >= 0.3 is 0 Å². The summed E-state index contributed by atoms with van der Waals surface area (Å²) in [6.07, 6.45) is 9.21. The SMILES string of the molecule is Cc1nc(C)c2nc(-c3cncc(F)c3)n(Cc3cnn(CC4CCCNC4)c3)c2n1. The van der Waals surface area contributed by atoms with Crippen LogP contribution >= 0.6 is 0 Å². The van der Waals surface area contributed by atoms with Gasteiger partial charge in [-0.25, -0.2) is 19.3 Å². The third kappa shape index (κ3) is 4.05. The first-order valence-electron chi connectivity index (χ1n) is 10.6. The molecule has 0 amide bonds. The summed E-state index contributed by atoms with van der Waals surface area (Å²) in [6, 6.07) is 1.44. The summed E-state index contributed by atoms with van der Waals surface area (Å²) in [6.45, 7) is 7.35. The number of hydrogen-bond acceptors (Lipinski definition) is 6. The largest absolute Gasteiger partial charge is 0.316 e. The average Bonchev–Trinajstić information content (AvgIpc) is 3.34. The third-order valence-electron chi connectivity index (χ3n) is 5.72. The molecule has 1 unspecified atom stereocenters. The van der Waals surface area contributed by atoms with Gasteiger partial charge in [-0.1, -0.05) is 0 Å². The highest BCUT2D eigenvalue weighted by Gasteiger charge is 2.19. The third-order valence-corrected chi connectivity index (χ3v) is 5.72. The van der Waals surface area contributed by atoms with Gasteiger partial charge in [0.25, 0.3) is 0 Å². The van der Waals surface area contributed by atoms with Crippen LogP contribution in [0.5, 0.6) is 0 Å². The fourth-order valence-corrected chi connectivity index (χ4v) is 4.29. The standard InChI is InChI=1S/C22H25FN8/c1-14-20-22(28-15(2)27-14)31(21(29-20)18-6-19(23)10-25-9-18)13-17-8-26-30(12-17)11-16-4-3-5-24-7-16/h6,8-10,12,16,24H,3-5,7,11,13H2,1-2H3. The fraction of sp³-hybridized carbons (Fsp3) is 0.409. The highest BCUT2D eigenvalue weighted by Crippen LogP contribution is 2.26. The molecular weight excluding hydrogens is 395 g/mol. The number of piperidine rings is 1. The maximum Gasteiger partial charge on any atom is 0.164 e. The Balaban J connectivity index is 1.52. The van der Waals surface area contributed by atoms with Crippen LogP contribution in [0, 0.1) is 25.6 Å². The van der Waals surface area contributed by atoms with E-state index in [1.165, 1.54) is 25.1 Å². The van der Waals surface area contributed by atoms with Crippen molar-refractivity contribution in [1.82, 2.24) is 39.6 Å². The van der Waals surface area contributed by atoms with Crippen molar-refractivity contribution in [2.75, 3.05) is 13.1 Å². The van der Waals surface area contributed by atoms with Crippen molar-refractivity contribution >= 4 is 11.2 Å². The van der Waals surface area contributed by atoms with Gasteiger partial charge in [0.1, 0.15) is 23.0 Å². The molecule has 0 radical (unpaired) electrons. The van der Waals surface area contributed by atoms with Crippen molar-refractivity contribution in [3.63, 3.8) is 0 Å². The van der Waals surface area contributed by atoms with E-state index in [9.17, 15) is 4.39 Å². The number of aromatic nitrogens is 7. The van der Waals surface area contributed by atoms with Crippen LogP contribution in [0.25, 0.3) is 22.6 Å². The summed E-state index contributed by atoms with van der Waals surface area (Å²) in [5, 5.41) is 8.03. The number of nitrogens with one attached hydrogen (secondary N) is 1. The first kappa shape index (κ1) is 19.7. The topological polar surface area (TPSA) is 86.3 Å². The van der Waals surface area contributed by atoms with Gasteiger partial charge in [-0.3, -0.25) is 9.67 Å². The van der Waals surface area contributed by atoms with Crippen LogP contribution in [0.4, 0.5) is 4.39 Å². The van der Waals surface area contributed by atoms with E-state index in [0.29, 0.717) is 35.2 Å². The highest BCUT2D eigenvalue weighted by atomic mass is 19.1. The minimum Gasteiger partial charge on any atom is -0.316 e. The molecule has 1 N–H and O–H groups in total. The lowest BCUT2D eigenvalue weighted by atomic mass is 10.00. The van der Waals surface area contributed by atoms with Crippen LogP contribution in [0.15, 0.2) is 30.9 Å². The number of aryl methyl sites for hydroxylation is 2. The second-order valence-electron chi connectivity index (χ2n) is 8.22. The van der Waals surface area contributed by atoms with Gasteiger partial charge in [-0.05, 0) is 51.8 Å². The van der Waals surface area contributed by atoms with E-state index in [1.54, 1.807) is 6.20 Å². The van der Waals surface area contributed by atoms with Crippen molar-refractivity contribution in [3.05, 3.63) is 53.8 Å². The number of rotatable bonds is 5. The van der Waals surface area contributed by atoms with Gasteiger partial charge in [0.05, 0.1) is 24.6 Å². The second kappa shape index (κ2) is 8.14. The van der Waals surface area contributed by atoms with Crippen LogP contribution in [0.1, 0.15) is 29.9 Å². The molecule has 1 saturated heterocycles. The summed E-state index contributed by atoms with van der Waals surface area (Å²) in [7, 11) is 0. The van der Waals surface area contributed by atoms with Crippen molar-refractivity contribution in [2.45, 2.75) is 39.8 Å². The number of hydrogen-bond donors (Lipinski definition) is 1. The molecule has 5 rings (SSSR count). The number of fused-ring (bicyclic) bond motifs is 1. The van der Waals surface area contributed by atoms with E-state index >= 15 is 0 Å². The lowest BCUT2D eigenvalue weighted by Gasteiger charge is -2.22. The highest BCUT2D eigenvalue weighted by molar-refractivity contribution is 5.79. The molecule has 4 aromatic heterocycles. The zero-order chi connectivity index (χ0) is 21.4. The second-order valence-corrected chi connectivity index (χ2v) is 8.22. The normalized spacial score (nSPS) is 16.8. The monoisotopic (exact) mass is 420 g/mol. The summed E-state index contributed by atoms with van der Waals surface area (Å²) in [4.78, 5) is 17.8. The molecule has 9 heteroatoms. The Bertz CT molecular complexity index is 1220. The van der Waals surface area contributed by atoms with Gasteiger partial charge in [0.2, 0.25) is 0 Å². The smallest absolute Gasteiger partial charge is 0.164 e. The van der Waals surface area contributed by atoms with E-state index in [-0.39, 0.29) is 0 Å². The molecule has 4 aromatic rings. The molecule has 8 nitrogen and oxygen atoms in total. The van der Waals surface area contributed by atoms with Crippen LogP contribution in [-0.4, -0.2) is 47.4 Å². The lowest BCUT2D eigenvalue weighted by Crippen LogP contribution is -2.32. The molecule has 160 valence electrons. The molecule has 0 spiro atoms. The molecule has 0 bridgehead atoms. The number of nitrogens with zero attached hydrogens (tertiary/aromatic N) is 7. The summed E-state index contributed by atoms with van der Waals surface area (Å²) in [5.41, 5.74) is 3.89. The van der Waals surface area contributed by atoms with Crippen molar-refractivity contribution in [3.8, 4) is 11.4 Å². The molecule has 1 fully saturated rings. The maximum atomic E-state index is 13.9. The molecule has 1 aliphatic rings. The predicted octanol–water partition coefficient (Wildman–Crippen LogP) is 2.89. The molecule has 1 aliphatic heterocycles. The van der Waals surface area contributed by atoms with Gasteiger partial charge in [-0.15, -0.1) is 0 Å². The first-order valence-corrected chi connectivity index (χ1v) is 10.6. The molecule has 1 atom stereocenters. The Morgan fingerprint density at radius 2 is 2.06 bits per heavy atom. The van der Waals surface area contributed by atoms with E-state index in [2.05, 4.69) is 31.6 Å². The van der Waals surface area contributed by atoms with Gasteiger partial charge in [0, 0.05) is 30.1 Å². The van der Waals surface area contributed by atoms with Crippen molar-refractivity contribution in [2.24, 2.45) is 5.92 Å². The zero-order valence-corrected chi connectivity index (χ0v) is 17.7. The zero-order valence-electron chi connectivity index (χ0n) is 17.7. The molecule has 0 saturated carbocycles. The fourth-order valence-electron chi connectivity index (χ4n) is 4.29. The average molecular weight is 420 g/mol. The van der Waals surface area contributed by atoms with E-state index in [4.69, 9.17) is 4.98 Å². The summed E-state index contributed by atoms with van der Waals surface area (Å²) in [5.74, 6) is 1.50. The molecule has 31 heavy (non-hydrogen) atoms. The molecule has 0 aliphatic carbocycles. The quantitative estimate of drug-likeness (QED) is 0.534. The Kier molecular flexibility index (Phi) is 5.19. The van der Waals surface area contributed by atoms with Crippen LogP contribution in [0.2, 0.25) is 0 Å². The minimum absolute atomic E-state index is 0.399. The summed E-state index contributed by atoms with van der Waals surface area (Å²) >= 11 is 0. The summed E-state index contributed by atoms with van der Waals surface area (Å²) < 4.78 is 17.9. The first-order chi connectivity index (χ1) is 15.1. The van der Waals surface area contributed by atoms with E-state index in [1.807, 2.05) is 29.3 Å². The van der Waals surface area contributed by atoms with Crippen molar-refractivity contribution < 1.29 is 4.39 Å². The Morgan fingerprint density at radius 1 is 1.16 bits per heavy atom. The van der Waals surface area contributed by atoms with E-state index in [0.717, 1.165) is 36.5 Å². The van der Waals surface area contributed by atoms with Crippen molar-refractivity contribution in [1.29, 1.82) is 0 Å². The maximum absolute atomic E-state index is 13.9. The molecule has 5 heterocycles. The van der Waals surface area contributed by atoms with Gasteiger partial charge in [0.15, 0.2) is 5.65 Å². The Hall–Kier alpha value is -3.20. The molecule has 0 aromatic carbocycles. The van der Waals surface area contributed by atoms with Crippen LogP contribution < -0.4 is 5.32 Å². The van der Waals surface area contributed by atoms with Crippen LogP contribution in [0.3, 0.4) is 0 Å². The van der Waals surface area contributed by atoms with Gasteiger partial charge < -0.3 is 9.88 Å². The lowest BCUT2D eigenvalue weighted by molar-refractivity contribution is 0.325. The number of imidazole rings is 1. The number of pyridine rings is 1. The molecular formula is C22H25FN8. The Labute approximate surface area is 179 Å². The van der Waals surface area contributed by atoms with E-state index < -0.39 is 5.82 Å². The Morgan fingerprint density at radius 3 is 2.87 bits per heavy atom. The van der Waals surface area contributed by atoms with Crippen LogP contribution in [-0.2, 0) is 13.1 Å². The van der Waals surface area contributed by atoms with Gasteiger partial charge in [-0.2, -0.15) is 5.10 Å². The minimum atomic E-state index is -0.399. The number of halogens is 1.